The van der Waals surface area contributed by atoms with E-state index < -0.39 is 11.7 Å². The highest BCUT2D eigenvalue weighted by atomic mass is 16.6. The van der Waals surface area contributed by atoms with Gasteiger partial charge in [0.05, 0.1) is 7.11 Å². The van der Waals surface area contributed by atoms with Gasteiger partial charge < -0.3 is 19.9 Å². The number of alkyl carbamates (subject to hydrolysis) is 1. The minimum absolute atomic E-state index is 0.00705. The zero-order valence-corrected chi connectivity index (χ0v) is 12.2. The van der Waals surface area contributed by atoms with E-state index in [4.69, 9.17) is 9.84 Å². The molecule has 0 rings (SSSR count). The average molecular weight is 275 g/mol. The van der Waals surface area contributed by atoms with Crippen LogP contribution in [0.3, 0.4) is 0 Å². The third-order valence-electron chi connectivity index (χ3n) is 2.44. The van der Waals surface area contributed by atoms with Gasteiger partial charge in [0.15, 0.2) is 0 Å². The first-order valence-corrected chi connectivity index (χ1v) is 6.43. The molecule has 112 valence electrons. The van der Waals surface area contributed by atoms with Crippen molar-refractivity contribution in [3.8, 4) is 0 Å². The zero-order valence-electron chi connectivity index (χ0n) is 12.2. The summed E-state index contributed by atoms with van der Waals surface area (Å²) in [7, 11) is 1.33. The molecule has 0 aliphatic rings. The third kappa shape index (κ3) is 10.3. The van der Waals surface area contributed by atoms with Gasteiger partial charge >= 0.3 is 12.1 Å². The van der Waals surface area contributed by atoms with Gasteiger partial charge in [0, 0.05) is 19.6 Å². The van der Waals surface area contributed by atoms with Crippen LogP contribution in [0.15, 0.2) is 0 Å². The fourth-order valence-corrected chi connectivity index (χ4v) is 1.54. The normalized spacial score (nSPS) is 12.7. The van der Waals surface area contributed by atoms with Crippen LogP contribution in [0.5, 0.6) is 0 Å². The standard InChI is InChI=1S/C13H25NO5/c1-13(2,3)19-12(17)14-7-5-10(6-8-15)9-11(16)18-4/h10,15H,5-9H2,1-4H3,(H,14,17). The summed E-state index contributed by atoms with van der Waals surface area (Å²) in [6, 6.07) is 0. The molecule has 0 spiro atoms. The Balaban J connectivity index is 3.98. The molecule has 0 saturated carbocycles. The molecule has 6 heteroatoms. The van der Waals surface area contributed by atoms with Crippen molar-refractivity contribution in [2.45, 2.75) is 45.6 Å². The first-order chi connectivity index (χ1) is 8.78. The minimum Gasteiger partial charge on any atom is -0.469 e. The lowest BCUT2D eigenvalue weighted by Crippen LogP contribution is -2.33. The van der Waals surface area contributed by atoms with Crippen molar-refractivity contribution in [1.82, 2.24) is 5.32 Å². The lowest BCUT2D eigenvalue weighted by atomic mass is 9.98. The molecule has 0 bridgehead atoms. The lowest BCUT2D eigenvalue weighted by Gasteiger charge is -2.20. The molecule has 0 aliphatic carbocycles. The topological polar surface area (TPSA) is 84.9 Å². The molecule has 0 heterocycles. The molecule has 0 fully saturated rings. The number of methoxy groups -OCH3 is 1. The Labute approximate surface area is 114 Å². The highest BCUT2D eigenvalue weighted by molar-refractivity contribution is 5.69. The van der Waals surface area contributed by atoms with Crippen molar-refractivity contribution < 1.29 is 24.2 Å². The van der Waals surface area contributed by atoms with E-state index in [2.05, 4.69) is 10.1 Å². The van der Waals surface area contributed by atoms with E-state index in [9.17, 15) is 9.59 Å². The van der Waals surface area contributed by atoms with Gasteiger partial charge in [-0.15, -0.1) is 0 Å². The van der Waals surface area contributed by atoms with E-state index >= 15 is 0 Å². The fourth-order valence-electron chi connectivity index (χ4n) is 1.54. The number of carbonyl (C=O) groups is 2. The van der Waals surface area contributed by atoms with Gasteiger partial charge in [0.25, 0.3) is 0 Å². The van der Waals surface area contributed by atoms with Gasteiger partial charge in [0.2, 0.25) is 0 Å². The highest BCUT2D eigenvalue weighted by Crippen LogP contribution is 2.13. The van der Waals surface area contributed by atoms with Crippen molar-refractivity contribution in [2.75, 3.05) is 20.3 Å². The van der Waals surface area contributed by atoms with Crippen molar-refractivity contribution >= 4 is 12.1 Å². The summed E-state index contributed by atoms with van der Waals surface area (Å²) in [6.45, 7) is 5.78. The zero-order chi connectivity index (χ0) is 14.9. The van der Waals surface area contributed by atoms with E-state index in [-0.39, 0.29) is 24.9 Å². The van der Waals surface area contributed by atoms with E-state index in [1.807, 2.05) is 0 Å². The predicted molar refractivity (Wildman–Crippen MR) is 70.7 cm³/mol. The number of aliphatic hydroxyl groups excluding tert-OH is 1. The molecule has 0 aromatic rings. The summed E-state index contributed by atoms with van der Waals surface area (Å²) in [5.74, 6) is -0.317. The summed E-state index contributed by atoms with van der Waals surface area (Å²) in [5.41, 5.74) is -0.527. The van der Waals surface area contributed by atoms with Crippen LogP contribution in [0.2, 0.25) is 0 Å². The van der Waals surface area contributed by atoms with Gasteiger partial charge in [-0.3, -0.25) is 4.79 Å². The quantitative estimate of drug-likeness (QED) is 0.687. The largest absolute Gasteiger partial charge is 0.469 e. The smallest absolute Gasteiger partial charge is 0.407 e. The molecular weight excluding hydrogens is 250 g/mol. The van der Waals surface area contributed by atoms with E-state index in [1.165, 1.54) is 7.11 Å². The summed E-state index contributed by atoms with van der Waals surface area (Å²) in [5, 5.41) is 11.5. The monoisotopic (exact) mass is 275 g/mol. The van der Waals surface area contributed by atoms with Crippen LogP contribution in [-0.2, 0) is 14.3 Å². The molecule has 1 atom stereocenters. The Morgan fingerprint density at radius 2 is 1.89 bits per heavy atom. The molecule has 0 radical (unpaired) electrons. The van der Waals surface area contributed by atoms with Crippen LogP contribution >= 0.6 is 0 Å². The maximum atomic E-state index is 11.4. The van der Waals surface area contributed by atoms with Crippen molar-refractivity contribution in [1.29, 1.82) is 0 Å². The Hall–Kier alpha value is -1.30. The number of aliphatic hydroxyl groups is 1. The average Bonchev–Trinajstić information content (AvgIpc) is 2.26. The van der Waals surface area contributed by atoms with Crippen LogP contribution in [-0.4, -0.2) is 43.0 Å². The van der Waals surface area contributed by atoms with Crippen LogP contribution in [0, 0.1) is 5.92 Å². The third-order valence-corrected chi connectivity index (χ3v) is 2.44. The van der Waals surface area contributed by atoms with Crippen LogP contribution < -0.4 is 5.32 Å². The number of hydrogen-bond donors (Lipinski definition) is 2. The number of amides is 1. The fraction of sp³-hybridized carbons (Fsp3) is 0.846. The highest BCUT2D eigenvalue weighted by Gasteiger charge is 2.17. The maximum Gasteiger partial charge on any atom is 0.407 e. The molecule has 0 aliphatic heterocycles. The Bertz CT molecular complexity index is 285. The van der Waals surface area contributed by atoms with E-state index in [1.54, 1.807) is 20.8 Å². The summed E-state index contributed by atoms with van der Waals surface area (Å²) in [6.07, 6.45) is 0.862. The molecule has 19 heavy (non-hydrogen) atoms. The number of carbonyl (C=O) groups excluding carboxylic acids is 2. The number of nitrogens with one attached hydrogen (secondary N) is 1. The van der Waals surface area contributed by atoms with Crippen LogP contribution in [0.25, 0.3) is 0 Å². The molecule has 0 aromatic carbocycles. The second-order valence-electron chi connectivity index (χ2n) is 5.38. The van der Waals surface area contributed by atoms with Gasteiger partial charge in [0.1, 0.15) is 5.60 Å². The SMILES string of the molecule is COC(=O)CC(CCO)CCNC(=O)OC(C)(C)C. The predicted octanol–water partition coefficient (Wildman–Crippen LogP) is 1.46. The second kappa shape index (κ2) is 8.74. The number of hydrogen-bond acceptors (Lipinski definition) is 5. The summed E-state index contributed by atoms with van der Waals surface area (Å²) < 4.78 is 9.68. The van der Waals surface area contributed by atoms with Gasteiger partial charge in [-0.2, -0.15) is 0 Å². The number of ether oxygens (including phenoxy) is 2. The van der Waals surface area contributed by atoms with Gasteiger partial charge in [-0.1, -0.05) is 0 Å². The van der Waals surface area contributed by atoms with Gasteiger partial charge in [-0.05, 0) is 39.5 Å². The molecule has 0 aromatic heterocycles. The van der Waals surface area contributed by atoms with Gasteiger partial charge in [-0.25, -0.2) is 4.79 Å². The number of esters is 1. The maximum absolute atomic E-state index is 11.4. The molecular formula is C13H25NO5. The minimum atomic E-state index is -0.527. The van der Waals surface area contributed by atoms with E-state index in [0.29, 0.717) is 19.4 Å². The van der Waals surface area contributed by atoms with E-state index in [0.717, 1.165) is 0 Å². The lowest BCUT2D eigenvalue weighted by molar-refractivity contribution is -0.141. The van der Waals surface area contributed by atoms with Crippen LogP contribution in [0.1, 0.15) is 40.0 Å². The molecule has 1 amide bonds. The Morgan fingerprint density at radius 1 is 1.26 bits per heavy atom. The van der Waals surface area contributed by atoms with Crippen molar-refractivity contribution in [2.24, 2.45) is 5.92 Å². The first kappa shape index (κ1) is 17.7. The molecule has 2 N–H and O–H groups in total. The second-order valence-corrected chi connectivity index (χ2v) is 5.38. The number of rotatable bonds is 7. The first-order valence-electron chi connectivity index (χ1n) is 6.43. The van der Waals surface area contributed by atoms with Crippen molar-refractivity contribution in [3.63, 3.8) is 0 Å². The summed E-state index contributed by atoms with van der Waals surface area (Å²) >= 11 is 0. The Kier molecular flexibility index (Phi) is 8.14. The molecule has 1 unspecified atom stereocenters. The summed E-state index contributed by atoms with van der Waals surface area (Å²) in [4.78, 5) is 22.6. The molecule has 6 nitrogen and oxygen atoms in total. The van der Waals surface area contributed by atoms with Crippen LogP contribution in [0.4, 0.5) is 4.79 Å². The van der Waals surface area contributed by atoms with Crippen molar-refractivity contribution in [3.05, 3.63) is 0 Å². The Morgan fingerprint density at radius 3 is 2.37 bits per heavy atom. The molecule has 0 saturated heterocycles.